The lowest BCUT2D eigenvalue weighted by Crippen LogP contribution is -2.39. The molecule has 2 rings (SSSR count). The number of carbonyl (C=O) groups excluding carboxylic acids is 1. The number of hydrogen-bond donors (Lipinski definition) is 2. The zero-order valence-corrected chi connectivity index (χ0v) is 14.7. The van der Waals surface area contributed by atoms with Gasteiger partial charge in [-0.15, -0.1) is 0 Å². The zero-order valence-electron chi connectivity index (χ0n) is 11.4. The van der Waals surface area contributed by atoms with E-state index in [0.29, 0.717) is 20.2 Å². The Balaban J connectivity index is 2.43. The molecule has 0 saturated heterocycles. The average molecular weight is 379 g/mol. The van der Waals surface area contributed by atoms with E-state index in [9.17, 15) is 9.69 Å². The minimum Gasteiger partial charge on any atom is -0.362 e. The first-order valence-electron chi connectivity index (χ1n) is 5.98. The number of quaternary nitrogens is 1. The van der Waals surface area contributed by atoms with Crippen LogP contribution in [0, 0.1) is 0 Å². The first kappa shape index (κ1) is 15.9. The number of rotatable bonds is 4. The van der Waals surface area contributed by atoms with E-state index >= 15 is 0 Å². The molecule has 0 spiro atoms. The third kappa shape index (κ3) is 3.23. The lowest BCUT2D eigenvalue weighted by Gasteiger charge is -2.23. The smallest absolute Gasteiger partial charge is 0.239 e. The summed E-state index contributed by atoms with van der Waals surface area (Å²) < 4.78 is 1.23. The number of nitrogens with one attached hydrogen (secondary N) is 1. The molecule has 2 N–H and O–H groups in total. The minimum absolute atomic E-state index is 0.163. The highest BCUT2D eigenvalue weighted by molar-refractivity contribution is 9.10. The molecule has 0 aliphatic heterocycles. The molecule has 1 atom stereocenters. The lowest BCUT2D eigenvalue weighted by atomic mass is 10.2. The van der Waals surface area contributed by atoms with E-state index < -0.39 is 8.15 Å². The molecule has 0 amide bonds. The van der Waals surface area contributed by atoms with E-state index in [0.717, 1.165) is 9.99 Å². The molecule has 0 saturated carbocycles. The fraction of sp³-hybridized carbons (Fsp3) is 0.308. The van der Waals surface area contributed by atoms with Crippen LogP contribution in [-0.4, -0.2) is 47.6 Å². The topological polar surface area (TPSA) is 53.1 Å². The second-order valence-electron chi connectivity index (χ2n) is 5.61. The summed E-state index contributed by atoms with van der Waals surface area (Å²) in [6.45, 7) is 0.278. The normalized spacial score (nSPS) is 13.7. The van der Waals surface area contributed by atoms with Crippen molar-refractivity contribution in [1.82, 2.24) is 4.98 Å². The van der Waals surface area contributed by atoms with Gasteiger partial charge in [-0.3, -0.25) is 4.79 Å². The van der Waals surface area contributed by atoms with E-state index in [4.69, 9.17) is 11.6 Å². The van der Waals surface area contributed by atoms with Crippen molar-refractivity contribution in [2.45, 2.75) is 0 Å². The van der Waals surface area contributed by atoms with Crippen LogP contribution in [0.4, 0.5) is 0 Å². The van der Waals surface area contributed by atoms with E-state index in [1.165, 1.54) is 0 Å². The third-order valence-corrected chi connectivity index (χ3v) is 5.49. The molecule has 0 bridgehead atoms. The Morgan fingerprint density at radius 3 is 2.70 bits per heavy atom. The molecule has 2 aromatic rings. The summed E-state index contributed by atoms with van der Waals surface area (Å²) in [6.07, 6.45) is 1.67. The van der Waals surface area contributed by atoms with Crippen LogP contribution >= 0.6 is 35.7 Å². The Morgan fingerprint density at radius 2 is 2.10 bits per heavy atom. The van der Waals surface area contributed by atoms with Crippen molar-refractivity contribution >= 4 is 57.4 Å². The van der Waals surface area contributed by atoms with Gasteiger partial charge >= 0.3 is 0 Å². The lowest BCUT2D eigenvalue weighted by molar-refractivity contribution is -0.861. The minimum atomic E-state index is -1.88. The highest BCUT2D eigenvalue weighted by atomic mass is 79.9. The number of likely N-dealkylation sites (N-methyl/N-ethyl adjacent to an activating group) is 1. The van der Waals surface area contributed by atoms with Crippen molar-refractivity contribution in [2.24, 2.45) is 0 Å². The monoisotopic (exact) mass is 377 g/mol. The molecule has 0 radical (unpaired) electrons. The molecule has 20 heavy (non-hydrogen) atoms. The maximum absolute atomic E-state index is 12.2. The summed E-state index contributed by atoms with van der Waals surface area (Å²) in [5.41, 5.74) is 0.650. The summed E-state index contributed by atoms with van der Waals surface area (Å²) in [5.74, 6) is 0. The Hall–Kier alpha value is -0.450. The first-order valence-corrected chi connectivity index (χ1v) is 8.44. The molecule has 0 aliphatic carbocycles. The van der Waals surface area contributed by atoms with E-state index in [1.807, 2.05) is 33.3 Å². The van der Waals surface area contributed by atoms with Gasteiger partial charge in [0.1, 0.15) is 14.7 Å². The van der Waals surface area contributed by atoms with Gasteiger partial charge < -0.3 is 14.4 Å². The Kier molecular flexibility index (Phi) is 4.57. The molecule has 7 heteroatoms. The van der Waals surface area contributed by atoms with Crippen LogP contribution in [0.25, 0.3) is 10.9 Å². The summed E-state index contributed by atoms with van der Waals surface area (Å²) in [6, 6.07) is 3.70. The number of aromatic nitrogens is 1. The Morgan fingerprint density at radius 1 is 1.45 bits per heavy atom. The molecule has 0 fully saturated rings. The molecule has 0 aliphatic rings. The SMILES string of the molecule is C[N+](C)(C)CC(=O)P(O)c1c[nH]c2ccc(Br)c(Cl)c12. The molecule has 1 aromatic heterocycles. The molecule has 108 valence electrons. The van der Waals surface area contributed by atoms with Gasteiger partial charge in [0.15, 0.2) is 0 Å². The molecule has 4 nitrogen and oxygen atoms in total. The summed E-state index contributed by atoms with van der Waals surface area (Å²) in [5, 5.41) is 1.81. The summed E-state index contributed by atoms with van der Waals surface area (Å²) in [4.78, 5) is 25.6. The van der Waals surface area contributed by atoms with Gasteiger partial charge in [0, 0.05) is 26.9 Å². The van der Waals surface area contributed by atoms with Gasteiger partial charge in [-0.2, -0.15) is 0 Å². The Labute approximate surface area is 132 Å². The van der Waals surface area contributed by atoms with E-state index in [-0.39, 0.29) is 12.1 Å². The van der Waals surface area contributed by atoms with Crippen molar-refractivity contribution in [3.8, 4) is 0 Å². The predicted octanol–water partition coefficient (Wildman–Crippen LogP) is 2.83. The standard InChI is InChI=1S/C13H16BrClN2O2P/c1-17(2,3)7-11(18)20(19)10-6-16-9-5-4-8(14)13(15)12(9)10/h4-6,16,19H,7H2,1-3H3/q+1. The average Bonchev–Trinajstić information content (AvgIpc) is 2.75. The van der Waals surface area contributed by atoms with Gasteiger partial charge in [-0.25, -0.2) is 0 Å². The zero-order chi connectivity index (χ0) is 15.1. The Bertz CT molecular complexity index is 666. The fourth-order valence-electron chi connectivity index (χ4n) is 1.91. The number of benzene rings is 1. The van der Waals surface area contributed by atoms with Crippen molar-refractivity contribution in [2.75, 3.05) is 27.7 Å². The number of nitrogens with zero attached hydrogens (tertiary/aromatic N) is 1. The van der Waals surface area contributed by atoms with Gasteiger partial charge in [0.05, 0.1) is 26.2 Å². The molecular formula is C13H16BrClN2O2P+. The number of halogens is 2. The van der Waals surface area contributed by atoms with Crippen molar-refractivity contribution in [1.29, 1.82) is 0 Å². The second-order valence-corrected chi connectivity index (χ2v) is 8.45. The third-order valence-electron chi connectivity index (χ3n) is 2.79. The first-order chi connectivity index (χ1) is 9.20. The second kappa shape index (κ2) is 5.74. The highest BCUT2D eigenvalue weighted by Crippen LogP contribution is 2.38. The maximum atomic E-state index is 12.2. The molecule has 1 heterocycles. The van der Waals surface area contributed by atoms with Crippen molar-refractivity contribution < 1.29 is 14.2 Å². The molecular weight excluding hydrogens is 362 g/mol. The number of H-pyrrole nitrogens is 1. The van der Waals surface area contributed by atoms with Crippen LogP contribution in [0.1, 0.15) is 0 Å². The van der Waals surface area contributed by atoms with Gasteiger partial charge in [-0.05, 0) is 28.1 Å². The van der Waals surface area contributed by atoms with Crippen LogP contribution in [-0.2, 0) is 4.79 Å². The summed E-state index contributed by atoms with van der Waals surface area (Å²) >= 11 is 9.63. The van der Waals surface area contributed by atoms with Crippen LogP contribution in [0.5, 0.6) is 0 Å². The molecule has 1 unspecified atom stereocenters. The molecule has 1 aromatic carbocycles. The quantitative estimate of drug-likeness (QED) is 0.635. The van der Waals surface area contributed by atoms with E-state index in [1.54, 1.807) is 6.20 Å². The number of aromatic amines is 1. The number of hydrogen-bond acceptors (Lipinski definition) is 2. The van der Waals surface area contributed by atoms with Crippen LogP contribution < -0.4 is 5.30 Å². The highest BCUT2D eigenvalue weighted by Gasteiger charge is 2.27. The van der Waals surface area contributed by atoms with Crippen LogP contribution in [0.2, 0.25) is 5.02 Å². The van der Waals surface area contributed by atoms with Gasteiger partial charge in [0.2, 0.25) is 5.52 Å². The number of carbonyl (C=O) groups is 1. The largest absolute Gasteiger partial charge is 0.362 e. The van der Waals surface area contributed by atoms with Crippen LogP contribution in [0.15, 0.2) is 22.8 Å². The fourth-order valence-corrected chi connectivity index (χ4v) is 4.03. The maximum Gasteiger partial charge on any atom is 0.239 e. The van der Waals surface area contributed by atoms with Gasteiger partial charge in [-0.1, -0.05) is 11.6 Å². The predicted molar refractivity (Wildman–Crippen MR) is 87.7 cm³/mol. The van der Waals surface area contributed by atoms with Crippen molar-refractivity contribution in [3.05, 3.63) is 27.8 Å². The van der Waals surface area contributed by atoms with Crippen LogP contribution in [0.3, 0.4) is 0 Å². The van der Waals surface area contributed by atoms with Gasteiger partial charge in [0.25, 0.3) is 0 Å². The van der Waals surface area contributed by atoms with E-state index in [2.05, 4.69) is 20.9 Å². The number of fused-ring (bicyclic) bond motifs is 1. The van der Waals surface area contributed by atoms with Crippen molar-refractivity contribution in [3.63, 3.8) is 0 Å². The summed E-state index contributed by atoms with van der Waals surface area (Å²) in [7, 11) is 3.87.